The maximum Gasteiger partial charge on any atom is 0.244 e. The molecule has 5 rings (SSSR count). The van der Waals surface area contributed by atoms with E-state index in [0.29, 0.717) is 13.0 Å². The lowest BCUT2D eigenvalue weighted by molar-refractivity contribution is -0.118. The van der Waals surface area contributed by atoms with Crippen LogP contribution in [0.1, 0.15) is 6.42 Å². The molecular weight excluding hydrogens is 330 g/mol. The molecule has 1 unspecified atom stereocenters. The first-order valence-corrected chi connectivity index (χ1v) is 8.22. The van der Waals surface area contributed by atoms with Crippen LogP contribution in [0.15, 0.2) is 43.0 Å². The minimum atomic E-state index is -0.564. The van der Waals surface area contributed by atoms with Crippen LogP contribution in [0.2, 0.25) is 0 Å². The van der Waals surface area contributed by atoms with Crippen LogP contribution in [-0.2, 0) is 4.79 Å². The Bertz CT molecular complexity index is 1200. The number of H-pyrrole nitrogens is 1. The van der Waals surface area contributed by atoms with Crippen LogP contribution in [0.5, 0.6) is 0 Å². The lowest BCUT2D eigenvalue weighted by atomic mass is 10.1. The van der Waals surface area contributed by atoms with Gasteiger partial charge in [-0.05, 0) is 24.6 Å². The summed E-state index contributed by atoms with van der Waals surface area (Å²) in [7, 11) is 0. The van der Waals surface area contributed by atoms with Crippen LogP contribution in [0.25, 0.3) is 27.7 Å². The van der Waals surface area contributed by atoms with Gasteiger partial charge in [0.1, 0.15) is 5.92 Å². The first-order chi connectivity index (χ1) is 12.7. The predicted molar refractivity (Wildman–Crippen MR) is 94.1 cm³/mol. The van der Waals surface area contributed by atoms with Crippen molar-refractivity contribution in [2.24, 2.45) is 5.92 Å². The number of anilines is 1. The van der Waals surface area contributed by atoms with Gasteiger partial charge in [0.25, 0.3) is 0 Å². The molecule has 4 aromatic rings. The predicted octanol–water partition coefficient (Wildman–Crippen LogP) is 2.15. The molecule has 0 spiro atoms. The lowest BCUT2D eigenvalue weighted by Crippen LogP contribution is -2.27. The first-order valence-electron chi connectivity index (χ1n) is 8.22. The van der Waals surface area contributed by atoms with Crippen molar-refractivity contribution in [3.63, 3.8) is 0 Å². The van der Waals surface area contributed by atoms with Crippen LogP contribution in [-0.4, -0.2) is 37.2 Å². The molecule has 0 saturated carbocycles. The van der Waals surface area contributed by atoms with E-state index in [-0.39, 0.29) is 5.91 Å². The molecule has 8 heteroatoms. The summed E-state index contributed by atoms with van der Waals surface area (Å²) < 4.78 is 1.75. The zero-order chi connectivity index (χ0) is 17.7. The first kappa shape index (κ1) is 14.6. The number of pyridine rings is 1. The van der Waals surface area contributed by atoms with Crippen LogP contribution >= 0.6 is 0 Å². The molecule has 1 amide bonds. The van der Waals surface area contributed by atoms with E-state index in [1.807, 2.05) is 24.4 Å². The fourth-order valence-corrected chi connectivity index (χ4v) is 3.42. The van der Waals surface area contributed by atoms with Crippen molar-refractivity contribution in [1.29, 1.82) is 5.26 Å². The van der Waals surface area contributed by atoms with E-state index in [4.69, 9.17) is 5.26 Å². The minimum absolute atomic E-state index is 0.148. The second-order valence-electron chi connectivity index (χ2n) is 6.27. The van der Waals surface area contributed by atoms with Gasteiger partial charge in [0.2, 0.25) is 5.91 Å². The summed E-state index contributed by atoms with van der Waals surface area (Å²) in [5.74, 6) is -0.713. The van der Waals surface area contributed by atoms with Gasteiger partial charge in [-0.1, -0.05) is 0 Å². The fraction of sp³-hybridized carbons (Fsp3) is 0.167. The molecule has 0 radical (unpaired) electrons. The minimum Gasteiger partial charge on any atom is -0.309 e. The molecule has 5 heterocycles. The van der Waals surface area contributed by atoms with Gasteiger partial charge in [-0.15, -0.1) is 0 Å². The zero-order valence-electron chi connectivity index (χ0n) is 13.6. The molecule has 0 aromatic carbocycles. The van der Waals surface area contributed by atoms with Crippen LogP contribution < -0.4 is 4.90 Å². The number of amides is 1. The number of nitrogens with zero attached hydrogens (tertiary/aromatic N) is 6. The molecule has 1 atom stereocenters. The number of aromatic nitrogens is 5. The summed E-state index contributed by atoms with van der Waals surface area (Å²) in [6, 6.07) is 7.88. The molecule has 26 heavy (non-hydrogen) atoms. The van der Waals surface area contributed by atoms with E-state index >= 15 is 0 Å². The molecule has 4 aromatic heterocycles. The average molecular weight is 343 g/mol. The second-order valence-corrected chi connectivity index (χ2v) is 6.27. The number of nitriles is 1. The van der Waals surface area contributed by atoms with Crippen molar-refractivity contribution in [2.45, 2.75) is 6.42 Å². The fourth-order valence-electron chi connectivity index (χ4n) is 3.42. The quantitative estimate of drug-likeness (QED) is 0.601. The van der Waals surface area contributed by atoms with Gasteiger partial charge in [0.15, 0.2) is 5.65 Å². The topological polar surface area (TPSA) is 103 Å². The van der Waals surface area contributed by atoms with E-state index in [0.717, 1.165) is 33.4 Å². The van der Waals surface area contributed by atoms with Gasteiger partial charge in [0.05, 0.1) is 23.5 Å². The summed E-state index contributed by atoms with van der Waals surface area (Å²) in [5.41, 5.74) is 4.22. The average Bonchev–Trinajstić information content (AvgIpc) is 3.38. The molecule has 0 bridgehead atoms. The molecule has 1 N–H and O–H groups in total. The number of hydrogen-bond acceptors (Lipinski definition) is 5. The SMILES string of the molecule is N#CC1CCN(c2ccnn3cc(-c4cnc5[nH]ncc5c4)cc23)C1=O. The summed E-state index contributed by atoms with van der Waals surface area (Å²) in [6.07, 6.45) is 7.64. The summed E-state index contributed by atoms with van der Waals surface area (Å²) in [5, 5.41) is 21.2. The van der Waals surface area contributed by atoms with Gasteiger partial charge < -0.3 is 4.90 Å². The zero-order valence-corrected chi connectivity index (χ0v) is 13.6. The Labute approximate surface area is 147 Å². The molecule has 1 saturated heterocycles. The smallest absolute Gasteiger partial charge is 0.244 e. The number of carbonyl (C=O) groups excluding carboxylic acids is 1. The van der Waals surface area contributed by atoms with Crippen LogP contribution in [0, 0.1) is 17.2 Å². The van der Waals surface area contributed by atoms with E-state index in [1.54, 1.807) is 28.0 Å². The highest BCUT2D eigenvalue weighted by atomic mass is 16.2. The summed E-state index contributed by atoms with van der Waals surface area (Å²) in [6.45, 7) is 0.541. The number of fused-ring (bicyclic) bond motifs is 2. The Hall–Kier alpha value is -3.73. The number of hydrogen-bond donors (Lipinski definition) is 1. The Morgan fingerprint density at radius 2 is 2.19 bits per heavy atom. The summed E-state index contributed by atoms with van der Waals surface area (Å²) in [4.78, 5) is 18.5. The van der Waals surface area contributed by atoms with E-state index in [9.17, 15) is 4.79 Å². The third-order valence-electron chi connectivity index (χ3n) is 4.76. The molecule has 1 aliphatic heterocycles. The third-order valence-corrected chi connectivity index (χ3v) is 4.76. The molecule has 126 valence electrons. The Morgan fingerprint density at radius 3 is 3.04 bits per heavy atom. The standard InChI is InChI=1S/C18H13N7O/c19-7-11-2-4-24(18(11)26)15-1-3-22-25-10-14(6-16(15)25)12-5-13-9-21-23-17(13)20-8-12/h1,3,5-6,8-11H,2,4H2,(H,20,21,23). The van der Waals surface area contributed by atoms with Crippen molar-refractivity contribution in [3.8, 4) is 17.2 Å². The molecule has 0 aliphatic carbocycles. The monoisotopic (exact) mass is 343 g/mol. The van der Waals surface area contributed by atoms with Gasteiger partial charge in [-0.2, -0.15) is 15.5 Å². The Balaban J connectivity index is 1.62. The Kier molecular flexibility index (Phi) is 3.03. The molecular formula is C18H13N7O. The largest absolute Gasteiger partial charge is 0.309 e. The van der Waals surface area contributed by atoms with E-state index in [2.05, 4.69) is 26.3 Å². The van der Waals surface area contributed by atoms with Gasteiger partial charge in [-0.25, -0.2) is 9.50 Å². The Morgan fingerprint density at radius 1 is 1.27 bits per heavy atom. The molecule has 8 nitrogen and oxygen atoms in total. The van der Waals surface area contributed by atoms with Gasteiger partial charge in [-0.3, -0.25) is 9.89 Å². The van der Waals surface area contributed by atoms with Crippen molar-refractivity contribution in [3.05, 3.63) is 43.0 Å². The van der Waals surface area contributed by atoms with Crippen molar-refractivity contribution < 1.29 is 4.79 Å². The maximum absolute atomic E-state index is 12.4. The number of aromatic amines is 1. The normalized spacial score (nSPS) is 17.3. The van der Waals surface area contributed by atoms with Gasteiger partial charge in [0, 0.05) is 41.6 Å². The van der Waals surface area contributed by atoms with Crippen molar-refractivity contribution >= 4 is 28.1 Å². The number of carbonyl (C=O) groups is 1. The van der Waals surface area contributed by atoms with Crippen LogP contribution in [0.4, 0.5) is 5.69 Å². The maximum atomic E-state index is 12.4. The number of rotatable bonds is 2. The van der Waals surface area contributed by atoms with E-state index in [1.165, 1.54) is 0 Å². The highest BCUT2D eigenvalue weighted by Gasteiger charge is 2.33. The highest BCUT2D eigenvalue weighted by Crippen LogP contribution is 2.32. The van der Waals surface area contributed by atoms with E-state index < -0.39 is 5.92 Å². The van der Waals surface area contributed by atoms with Crippen molar-refractivity contribution in [1.82, 2.24) is 24.8 Å². The second kappa shape index (κ2) is 5.39. The third kappa shape index (κ3) is 2.07. The molecule has 1 fully saturated rings. The number of nitrogens with one attached hydrogen (secondary N) is 1. The van der Waals surface area contributed by atoms with Crippen molar-refractivity contribution in [2.75, 3.05) is 11.4 Å². The highest BCUT2D eigenvalue weighted by molar-refractivity contribution is 6.02. The van der Waals surface area contributed by atoms with Crippen LogP contribution in [0.3, 0.4) is 0 Å². The molecule has 1 aliphatic rings. The summed E-state index contributed by atoms with van der Waals surface area (Å²) >= 11 is 0. The lowest BCUT2D eigenvalue weighted by Gasteiger charge is -2.16. The van der Waals surface area contributed by atoms with Gasteiger partial charge >= 0.3 is 0 Å².